The quantitative estimate of drug-likeness (QED) is 0.589. The first-order valence-electron chi connectivity index (χ1n) is 5.79. The second-order valence-electron chi connectivity index (χ2n) is 3.70. The maximum atomic E-state index is 11.5. The van der Waals surface area contributed by atoms with Crippen molar-refractivity contribution in [2.24, 2.45) is 0 Å². The Bertz CT molecular complexity index is 460. The molecule has 0 aromatic heterocycles. The Kier molecular flexibility index (Phi) is 6.29. The van der Waals surface area contributed by atoms with Crippen molar-refractivity contribution in [3.63, 3.8) is 0 Å². The van der Waals surface area contributed by atoms with Gasteiger partial charge in [-0.15, -0.1) is 0 Å². The third-order valence-corrected chi connectivity index (χ3v) is 2.94. The zero-order valence-corrected chi connectivity index (χ0v) is 12.3. The van der Waals surface area contributed by atoms with Crippen molar-refractivity contribution >= 4 is 27.9 Å². The third kappa shape index (κ3) is 4.87. The molecule has 0 aromatic carbocycles. The number of carbonyl (C=O) groups is 2. The summed E-state index contributed by atoms with van der Waals surface area (Å²) >= 11 is 3.30. The monoisotopic (exact) mass is 326 g/mol. The Morgan fingerprint density at radius 2 is 1.74 bits per heavy atom. The lowest BCUT2D eigenvalue weighted by Crippen LogP contribution is -2.34. The van der Waals surface area contributed by atoms with Crippen LogP contribution < -0.4 is 0 Å². The van der Waals surface area contributed by atoms with Crippen LogP contribution in [-0.2, 0) is 19.1 Å². The van der Waals surface area contributed by atoms with E-state index in [9.17, 15) is 9.59 Å². The van der Waals surface area contributed by atoms with Crippen LogP contribution in [0.3, 0.4) is 0 Å². The molecule has 0 radical (unpaired) electrons. The zero-order valence-electron chi connectivity index (χ0n) is 10.7. The summed E-state index contributed by atoms with van der Waals surface area (Å²) in [7, 11) is 0. The van der Waals surface area contributed by atoms with Gasteiger partial charge in [-0.05, 0) is 26.0 Å². The predicted octanol–water partition coefficient (Wildman–Crippen LogP) is 2.81. The first-order chi connectivity index (χ1) is 9.08. The maximum Gasteiger partial charge on any atom is 0.331 e. The molecular formula is C14H15BrO4. The molecule has 0 unspecified atom stereocenters. The van der Waals surface area contributed by atoms with Crippen LogP contribution in [0, 0.1) is 0 Å². The standard InChI is InChI=1S/C14H15BrO4/c1-3-6-12(16)18-11-9-5-8-10(15)14(11)19-13(17)7-4-2/h3-9,11,14H,1-2H3/b6-3+,7-4+/t11-,14+/m0/s1. The zero-order chi connectivity index (χ0) is 14.3. The van der Waals surface area contributed by atoms with E-state index >= 15 is 0 Å². The van der Waals surface area contributed by atoms with E-state index in [1.54, 1.807) is 44.2 Å². The van der Waals surface area contributed by atoms with Crippen molar-refractivity contribution in [3.05, 3.63) is 47.0 Å². The molecule has 1 rings (SSSR count). The van der Waals surface area contributed by atoms with Gasteiger partial charge in [0.25, 0.3) is 0 Å². The van der Waals surface area contributed by atoms with Gasteiger partial charge >= 0.3 is 11.9 Å². The number of rotatable bonds is 4. The van der Waals surface area contributed by atoms with E-state index in [1.807, 2.05) is 0 Å². The summed E-state index contributed by atoms with van der Waals surface area (Å²) in [5.74, 6) is -0.966. The van der Waals surface area contributed by atoms with E-state index in [2.05, 4.69) is 15.9 Å². The van der Waals surface area contributed by atoms with Gasteiger partial charge in [0.15, 0.2) is 12.2 Å². The third-order valence-electron chi connectivity index (χ3n) is 2.23. The van der Waals surface area contributed by atoms with Gasteiger partial charge < -0.3 is 9.47 Å². The number of halogens is 1. The minimum absolute atomic E-state index is 0.480. The fraction of sp³-hybridized carbons (Fsp3) is 0.286. The molecule has 0 heterocycles. The van der Waals surface area contributed by atoms with E-state index in [4.69, 9.17) is 9.47 Å². The van der Waals surface area contributed by atoms with Gasteiger partial charge in [-0.3, -0.25) is 0 Å². The molecule has 0 spiro atoms. The molecule has 0 N–H and O–H groups in total. The number of esters is 2. The van der Waals surface area contributed by atoms with Gasteiger partial charge in [-0.1, -0.05) is 34.2 Å². The number of hydrogen-bond donors (Lipinski definition) is 0. The van der Waals surface area contributed by atoms with E-state index in [0.717, 1.165) is 0 Å². The van der Waals surface area contributed by atoms with Crippen molar-refractivity contribution in [1.29, 1.82) is 0 Å². The normalized spacial score (nSPS) is 22.6. The molecule has 0 amide bonds. The fourth-order valence-corrected chi connectivity index (χ4v) is 1.95. The SMILES string of the molecule is C/C=C/C(=O)O[C@H]1C=CC=C(Br)[C@H]1OC(=O)/C=C/C. The molecule has 0 saturated carbocycles. The van der Waals surface area contributed by atoms with E-state index < -0.39 is 24.1 Å². The van der Waals surface area contributed by atoms with Crippen LogP contribution in [0.4, 0.5) is 0 Å². The van der Waals surface area contributed by atoms with Crippen LogP contribution in [0.1, 0.15) is 13.8 Å². The molecule has 0 aliphatic heterocycles. The molecule has 5 heteroatoms. The maximum absolute atomic E-state index is 11.5. The predicted molar refractivity (Wildman–Crippen MR) is 75.5 cm³/mol. The fourth-order valence-electron chi connectivity index (χ4n) is 1.44. The summed E-state index contributed by atoms with van der Waals surface area (Å²) in [4.78, 5) is 22.9. The largest absolute Gasteiger partial charge is 0.451 e. The average Bonchev–Trinajstić information content (AvgIpc) is 2.34. The van der Waals surface area contributed by atoms with Gasteiger partial charge in [0.2, 0.25) is 0 Å². The molecule has 19 heavy (non-hydrogen) atoms. The van der Waals surface area contributed by atoms with Crippen LogP contribution in [0.15, 0.2) is 47.0 Å². The summed E-state index contributed by atoms with van der Waals surface area (Å²) in [6.45, 7) is 3.44. The van der Waals surface area contributed by atoms with E-state index in [-0.39, 0.29) is 0 Å². The van der Waals surface area contributed by atoms with Crippen molar-refractivity contribution in [2.75, 3.05) is 0 Å². The van der Waals surface area contributed by atoms with E-state index in [0.29, 0.717) is 4.48 Å². The summed E-state index contributed by atoms with van der Waals surface area (Å²) in [6.07, 6.45) is 9.62. The Labute approximate surface area is 120 Å². The molecule has 4 nitrogen and oxygen atoms in total. The summed E-state index contributed by atoms with van der Waals surface area (Å²) in [5, 5.41) is 0. The summed E-state index contributed by atoms with van der Waals surface area (Å²) in [5.41, 5.74) is 0. The molecule has 0 fully saturated rings. The number of ether oxygens (including phenoxy) is 2. The molecule has 0 aromatic rings. The first kappa shape index (κ1) is 15.4. The highest BCUT2D eigenvalue weighted by Crippen LogP contribution is 2.25. The molecule has 0 saturated heterocycles. The Balaban J connectivity index is 2.77. The van der Waals surface area contributed by atoms with Crippen molar-refractivity contribution in [2.45, 2.75) is 26.1 Å². The lowest BCUT2D eigenvalue weighted by molar-refractivity contribution is -0.155. The highest BCUT2D eigenvalue weighted by atomic mass is 79.9. The summed E-state index contributed by atoms with van der Waals surface area (Å²) < 4.78 is 11.1. The highest BCUT2D eigenvalue weighted by Gasteiger charge is 2.29. The molecule has 2 atom stereocenters. The minimum Gasteiger partial charge on any atom is -0.451 e. The van der Waals surface area contributed by atoms with Crippen molar-refractivity contribution < 1.29 is 19.1 Å². The molecular weight excluding hydrogens is 312 g/mol. The van der Waals surface area contributed by atoms with Crippen LogP contribution in [0.5, 0.6) is 0 Å². The second kappa shape index (κ2) is 7.74. The second-order valence-corrected chi connectivity index (χ2v) is 4.61. The van der Waals surface area contributed by atoms with Gasteiger partial charge in [0.05, 0.1) is 0 Å². The number of allylic oxidation sites excluding steroid dienone is 4. The molecule has 102 valence electrons. The van der Waals surface area contributed by atoms with Crippen LogP contribution in [0.25, 0.3) is 0 Å². The van der Waals surface area contributed by atoms with Crippen LogP contribution >= 0.6 is 15.9 Å². The number of hydrogen-bond acceptors (Lipinski definition) is 4. The average molecular weight is 327 g/mol. The van der Waals surface area contributed by atoms with Gasteiger partial charge in [0.1, 0.15) is 0 Å². The van der Waals surface area contributed by atoms with Gasteiger partial charge in [-0.25, -0.2) is 9.59 Å². The Morgan fingerprint density at radius 3 is 2.32 bits per heavy atom. The number of carbonyl (C=O) groups excluding carboxylic acids is 2. The van der Waals surface area contributed by atoms with Crippen LogP contribution in [-0.4, -0.2) is 24.1 Å². The lowest BCUT2D eigenvalue weighted by atomic mass is 10.1. The lowest BCUT2D eigenvalue weighted by Gasteiger charge is -2.25. The molecule has 0 bridgehead atoms. The van der Waals surface area contributed by atoms with Crippen molar-refractivity contribution in [3.8, 4) is 0 Å². The van der Waals surface area contributed by atoms with E-state index in [1.165, 1.54) is 12.2 Å². The highest BCUT2D eigenvalue weighted by molar-refractivity contribution is 9.11. The van der Waals surface area contributed by atoms with Crippen LogP contribution in [0.2, 0.25) is 0 Å². The van der Waals surface area contributed by atoms with Gasteiger partial charge in [0, 0.05) is 16.6 Å². The topological polar surface area (TPSA) is 52.6 Å². The molecule has 1 aliphatic rings. The Morgan fingerprint density at radius 1 is 1.16 bits per heavy atom. The minimum atomic E-state index is -0.664. The summed E-state index contributed by atoms with van der Waals surface area (Å²) in [6, 6.07) is 0. The first-order valence-corrected chi connectivity index (χ1v) is 6.58. The van der Waals surface area contributed by atoms with Crippen molar-refractivity contribution in [1.82, 2.24) is 0 Å². The van der Waals surface area contributed by atoms with Gasteiger partial charge in [-0.2, -0.15) is 0 Å². The Hall–Kier alpha value is -1.62. The smallest absolute Gasteiger partial charge is 0.331 e. The molecule has 1 aliphatic carbocycles.